The second-order valence-electron chi connectivity index (χ2n) is 16.5. The number of aromatic nitrogens is 3. The van der Waals surface area contributed by atoms with Crippen molar-refractivity contribution in [3.63, 3.8) is 0 Å². The average molecular weight is 790 g/mol. The topological polar surface area (TPSA) is 38.7 Å². The van der Waals surface area contributed by atoms with E-state index in [9.17, 15) is 0 Å². The van der Waals surface area contributed by atoms with Crippen molar-refractivity contribution in [1.29, 1.82) is 0 Å². The molecule has 0 bridgehead atoms. The van der Waals surface area contributed by atoms with E-state index in [0.717, 1.165) is 33.4 Å². The fourth-order valence-electron chi connectivity index (χ4n) is 9.87. The minimum absolute atomic E-state index is 0.288. The molecule has 1 aliphatic rings. The van der Waals surface area contributed by atoms with Gasteiger partial charge in [0.15, 0.2) is 17.5 Å². The third kappa shape index (κ3) is 5.78. The Morgan fingerprint density at radius 3 is 1.66 bits per heavy atom. The van der Waals surface area contributed by atoms with Gasteiger partial charge in [0.2, 0.25) is 0 Å². The molecule has 1 heterocycles. The van der Waals surface area contributed by atoms with E-state index in [2.05, 4.69) is 219 Å². The van der Waals surface area contributed by atoms with Gasteiger partial charge < -0.3 is 0 Å². The quantitative estimate of drug-likeness (QED) is 0.124. The molecule has 1 aliphatic carbocycles. The molecule has 1 unspecified atom stereocenters. The fraction of sp³-hybridized carbons (Fsp3) is 0.0339. The van der Waals surface area contributed by atoms with Crippen LogP contribution in [-0.2, 0) is 5.41 Å². The molecule has 0 fully saturated rings. The normalized spacial score (nSPS) is 14.3. The monoisotopic (exact) mass is 789 g/mol. The number of hydrogen-bond acceptors (Lipinski definition) is 3. The maximum absolute atomic E-state index is 5.27. The minimum atomic E-state index is -0.288. The molecule has 3 heteroatoms. The molecule has 0 saturated heterocycles. The summed E-state index contributed by atoms with van der Waals surface area (Å²) < 4.78 is 0. The van der Waals surface area contributed by atoms with Crippen LogP contribution in [0.1, 0.15) is 23.6 Å². The fourth-order valence-corrected chi connectivity index (χ4v) is 9.87. The maximum atomic E-state index is 5.27. The van der Waals surface area contributed by atoms with Crippen LogP contribution in [0.4, 0.5) is 0 Å². The summed E-state index contributed by atoms with van der Waals surface area (Å²) in [4.78, 5) is 15.7. The molecular weight excluding hydrogens is 751 g/mol. The largest absolute Gasteiger partial charge is 0.208 e. The standard InChI is InChI=1S/C59H39N3/c1-59(46-21-6-3-7-22-46)53-26-13-12-25-49(53)52-37-45(32-34-54(52)59)58-61-56(60-57(62-58)44-20-14-19-42(35-44)38-15-4-2-5-16-38)41-29-27-40(28-30-41)55-48-24-11-9-18-43(48)36-51-47-23-10-8-17-39(47)31-33-50(51)55/h2-37H,1H3. The second-order valence-corrected chi connectivity index (χ2v) is 16.5. The van der Waals surface area contributed by atoms with Crippen molar-refractivity contribution >= 4 is 32.3 Å². The third-order valence-electron chi connectivity index (χ3n) is 13.0. The number of hydrogen-bond donors (Lipinski definition) is 0. The zero-order valence-electron chi connectivity index (χ0n) is 34.1. The predicted molar refractivity (Wildman–Crippen MR) is 257 cm³/mol. The van der Waals surface area contributed by atoms with Crippen molar-refractivity contribution in [1.82, 2.24) is 15.0 Å². The first-order valence-electron chi connectivity index (χ1n) is 21.3. The van der Waals surface area contributed by atoms with Crippen LogP contribution in [0.25, 0.3) is 99.9 Å². The molecule has 3 nitrogen and oxygen atoms in total. The van der Waals surface area contributed by atoms with E-state index in [-0.39, 0.29) is 5.41 Å². The van der Waals surface area contributed by atoms with Crippen LogP contribution in [0, 0.1) is 0 Å². The molecule has 1 atom stereocenters. The zero-order chi connectivity index (χ0) is 41.2. The van der Waals surface area contributed by atoms with E-state index >= 15 is 0 Å². The highest BCUT2D eigenvalue weighted by Gasteiger charge is 2.40. The number of rotatable bonds is 6. The van der Waals surface area contributed by atoms with Crippen LogP contribution >= 0.6 is 0 Å². The summed E-state index contributed by atoms with van der Waals surface area (Å²) in [5.74, 6) is 1.90. The summed E-state index contributed by atoms with van der Waals surface area (Å²) in [7, 11) is 0. The molecule has 0 radical (unpaired) electrons. The van der Waals surface area contributed by atoms with E-state index in [4.69, 9.17) is 15.0 Å². The minimum Gasteiger partial charge on any atom is -0.208 e. The summed E-state index contributed by atoms with van der Waals surface area (Å²) in [6.45, 7) is 2.35. The van der Waals surface area contributed by atoms with E-state index in [1.54, 1.807) is 0 Å². The summed E-state index contributed by atoms with van der Waals surface area (Å²) >= 11 is 0. The van der Waals surface area contributed by atoms with Crippen LogP contribution < -0.4 is 0 Å². The average Bonchev–Trinajstić information content (AvgIpc) is 3.61. The van der Waals surface area contributed by atoms with Crippen LogP contribution in [0.2, 0.25) is 0 Å². The van der Waals surface area contributed by atoms with E-state index in [1.807, 2.05) is 6.07 Å². The highest BCUT2D eigenvalue weighted by atomic mass is 15.0. The lowest BCUT2D eigenvalue weighted by molar-refractivity contribution is 0.714. The highest BCUT2D eigenvalue weighted by Crippen LogP contribution is 2.53. The van der Waals surface area contributed by atoms with Crippen LogP contribution in [0.15, 0.2) is 218 Å². The van der Waals surface area contributed by atoms with Gasteiger partial charge in [0, 0.05) is 22.1 Å². The van der Waals surface area contributed by atoms with Crippen LogP contribution in [0.5, 0.6) is 0 Å². The van der Waals surface area contributed by atoms with Crippen molar-refractivity contribution in [2.24, 2.45) is 0 Å². The molecule has 10 aromatic carbocycles. The van der Waals surface area contributed by atoms with E-state index < -0.39 is 0 Å². The van der Waals surface area contributed by atoms with Gasteiger partial charge in [-0.25, -0.2) is 15.0 Å². The Bertz CT molecular complexity index is 3520. The van der Waals surface area contributed by atoms with Crippen molar-refractivity contribution < 1.29 is 0 Å². The van der Waals surface area contributed by atoms with Gasteiger partial charge in [-0.3, -0.25) is 0 Å². The summed E-state index contributed by atoms with van der Waals surface area (Å²) in [6.07, 6.45) is 0. The van der Waals surface area contributed by atoms with Crippen molar-refractivity contribution in [2.45, 2.75) is 12.3 Å². The second kappa shape index (κ2) is 14.3. The summed E-state index contributed by atoms with van der Waals surface area (Å²) in [6, 6.07) is 78.4. The molecule has 12 rings (SSSR count). The molecule has 0 spiro atoms. The van der Waals surface area contributed by atoms with Gasteiger partial charge in [-0.15, -0.1) is 0 Å². The summed E-state index contributed by atoms with van der Waals surface area (Å²) in [5, 5.41) is 7.44. The first-order valence-corrected chi connectivity index (χ1v) is 21.3. The lowest BCUT2D eigenvalue weighted by Gasteiger charge is -2.28. The molecule has 11 aromatic rings. The molecule has 0 saturated carbocycles. The number of fused-ring (bicyclic) bond motifs is 7. The Morgan fingerprint density at radius 2 is 0.871 bits per heavy atom. The van der Waals surface area contributed by atoms with Crippen molar-refractivity contribution in [3.8, 4) is 67.5 Å². The first kappa shape index (κ1) is 35.9. The van der Waals surface area contributed by atoms with Crippen LogP contribution in [-0.4, -0.2) is 15.0 Å². The Hall–Kier alpha value is -8.01. The molecule has 0 amide bonds. The van der Waals surface area contributed by atoms with Gasteiger partial charge in [-0.05, 0) is 108 Å². The Morgan fingerprint density at radius 1 is 0.306 bits per heavy atom. The molecule has 62 heavy (non-hydrogen) atoms. The lowest BCUT2D eigenvalue weighted by atomic mass is 9.74. The smallest absolute Gasteiger partial charge is 0.164 e. The zero-order valence-corrected chi connectivity index (χ0v) is 34.1. The maximum Gasteiger partial charge on any atom is 0.164 e. The van der Waals surface area contributed by atoms with Crippen molar-refractivity contribution in [3.05, 3.63) is 235 Å². The molecule has 0 N–H and O–H groups in total. The first-order chi connectivity index (χ1) is 30.6. The van der Waals surface area contributed by atoms with Gasteiger partial charge in [0.05, 0.1) is 0 Å². The lowest BCUT2D eigenvalue weighted by Crippen LogP contribution is -2.22. The van der Waals surface area contributed by atoms with Gasteiger partial charge in [0.25, 0.3) is 0 Å². The number of nitrogens with zero attached hydrogens (tertiary/aromatic N) is 3. The highest BCUT2D eigenvalue weighted by molar-refractivity contribution is 6.20. The Kier molecular flexibility index (Phi) is 8.29. The number of benzene rings is 10. The Labute approximate surface area is 360 Å². The van der Waals surface area contributed by atoms with E-state index in [0.29, 0.717) is 17.5 Å². The molecular formula is C59H39N3. The third-order valence-corrected chi connectivity index (χ3v) is 13.0. The molecule has 1 aromatic heterocycles. The van der Waals surface area contributed by atoms with E-state index in [1.165, 1.54) is 65.7 Å². The van der Waals surface area contributed by atoms with Gasteiger partial charge in [-0.1, -0.05) is 200 Å². The van der Waals surface area contributed by atoms with Gasteiger partial charge in [-0.2, -0.15) is 0 Å². The Balaban J connectivity index is 1.02. The van der Waals surface area contributed by atoms with Crippen molar-refractivity contribution in [2.75, 3.05) is 0 Å². The van der Waals surface area contributed by atoms with Gasteiger partial charge >= 0.3 is 0 Å². The summed E-state index contributed by atoms with van der Waals surface area (Å²) in [5.41, 5.74) is 13.5. The van der Waals surface area contributed by atoms with Crippen LogP contribution in [0.3, 0.4) is 0 Å². The van der Waals surface area contributed by atoms with Gasteiger partial charge in [0.1, 0.15) is 0 Å². The molecule has 290 valence electrons. The molecule has 0 aliphatic heterocycles. The SMILES string of the molecule is CC1(c2ccccc2)c2ccccc2-c2cc(-c3nc(-c4ccc(-c5c6ccccc6cc6c5ccc5ccccc56)cc4)nc(-c4cccc(-c5ccccc5)c4)n3)ccc21. The predicted octanol–water partition coefficient (Wildman–Crippen LogP) is 15.0.